The molecule has 2 aliphatic rings. The molecule has 0 aromatic heterocycles. The minimum atomic E-state index is -0.179. The molecule has 1 heterocycles. The van der Waals surface area contributed by atoms with Crippen LogP contribution in [0.3, 0.4) is 0 Å². The van der Waals surface area contributed by atoms with E-state index < -0.39 is 0 Å². The molecule has 3 rings (SSSR count). The number of para-hydroxylation sites is 2. The molecule has 1 aliphatic heterocycles. The van der Waals surface area contributed by atoms with Crippen LogP contribution < -0.4 is 15.5 Å². The fourth-order valence-corrected chi connectivity index (χ4v) is 2.22. The monoisotopic (exact) mass is 245 g/mol. The van der Waals surface area contributed by atoms with Crippen LogP contribution in [0.1, 0.15) is 19.3 Å². The average Bonchev–Trinajstić information content (AvgIpc) is 2.32. The molecule has 1 aromatic carbocycles. The number of hydrogen-bond donors (Lipinski definition) is 2. The van der Waals surface area contributed by atoms with Crippen molar-refractivity contribution >= 4 is 23.3 Å². The lowest BCUT2D eigenvalue weighted by Gasteiger charge is -2.33. The normalized spacial score (nSPS) is 18.7. The number of nitrogens with one attached hydrogen (secondary N) is 2. The summed E-state index contributed by atoms with van der Waals surface area (Å²) in [5, 5.41) is 5.72. The number of urea groups is 1. The number of benzene rings is 1. The lowest BCUT2D eigenvalue weighted by molar-refractivity contribution is -0.115. The molecule has 94 valence electrons. The third-order valence-electron chi connectivity index (χ3n) is 3.45. The van der Waals surface area contributed by atoms with Gasteiger partial charge in [-0.3, -0.25) is 9.69 Å². The summed E-state index contributed by atoms with van der Waals surface area (Å²) in [6.45, 7) is 0.0789. The van der Waals surface area contributed by atoms with E-state index in [4.69, 9.17) is 0 Å². The van der Waals surface area contributed by atoms with E-state index in [1.165, 1.54) is 11.3 Å². The zero-order valence-corrected chi connectivity index (χ0v) is 9.98. The Hall–Kier alpha value is -2.04. The lowest BCUT2D eigenvalue weighted by atomic mass is 9.93. The summed E-state index contributed by atoms with van der Waals surface area (Å²) in [5.41, 5.74) is 1.45. The summed E-state index contributed by atoms with van der Waals surface area (Å²) >= 11 is 0. The third kappa shape index (κ3) is 1.92. The number of fused-ring (bicyclic) bond motifs is 1. The van der Waals surface area contributed by atoms with Gasteiger partial charge in [0, 0.05) is 6.04 Å². The maximum absolute atomic E-state index is 12.1. The first-order valence-electron chi connectivity index (χ1n) is 6.21. The van der Waals surface area contributed by atoms with Crippen molar-refractivity contribution < 1.29 is 9.59 Å². The second kappa shape index (κ2) is 4.33. The highest BCUT2D eigenvalue weighted by atomic mass is 16.2. The van der Waals surface area contributed by atoms with Gasteiger partial charge in [0.05, 0.1) is 11.4 Å². The molecule has 2 N–H and O–H groups in total. The number of amides is 3. The van der Waals surface area contributed by atoms with Gasteiger partial charge in [0.15, 0.2) is 0 Å². The van der Waals surface area contributed by atoms with Gasteiger partial charge in [-0.1, -0.05) is 12.1 Å². The topological polar surface area (TPSA) is 61.4 Å². The standard InChI is InChI=1S/C13H15N3O2/c17-12-8-16(13(18)14-9-4-3-5-9)11-7-2-1-6-10(11)15-12/h1-2,6-7,9H,3-5,8H2,(H,14,18)(H,15,17). The Labute approximate surface area is 105 Å². The number of carbonyl (C=O) groups excluding carboxylic acids is 2. The SMILES string of the molecule is O=C1CN(C(=O)NC2CCC2)c2ccccc2N1. The predicted octanol–water partition coefficient (Wildman–Crippen LogP) is 1.71. The Balaban J connectivity index is 1.82. The van der Waals surface area contributed by atoms with E-state index in [1.54, 1.807) is 6.07 Å². The van der Waals surface area contributed by atoms with Crippen LogP contribution in [0, 0.1) is 0 Å². The number of anilines is 2. The summed E-state index contributed by atoms with van der Waals surface area (Å²) in [4.78, 5) is 25.2. The van der Waals surface area contributed by atoms with Crippen LogP contribution in [-0.4, -0.2) is 24.5 Å². The molecular formula is C13H15N3O2. The lowest BCUT2D eigenvalue weighted by Crippen LogP contribution is -2.51. The molecule has 0 spiro atoms. The van der Waals surface area contributed by atoms with Crippen LogP contribution >= 0.6 is 0 Å². The highest BCUT2D eigenvalue weighted by Crippen LogP contribution is 2.29. The van der Waals surface area contributed by atoms with Crippen LogP contribution in [0.5, 0.6) is 0 Å². The van der Waals surface area contributed by atoms with Gasteiger partial charge < -0.3 is 10.6 Å². The maximum Gasteiger partial charge on any atom is 0.322 e. The first-order valence-corrected chi connectivity index (χ1v) is 6.21. The van der Waals surface area contributed by atoms with Crippen LogP contribution in [0.25, 0.3) is 0 Å². The molecule has 0 atom stereocenters. The predicted molar refractivity (Wildman–Crippen MR) is 68.6 cm³/mol. The molecule has 5 nitrogen and oxygen atoms in total. The minimum absolute atomic E-state index is 0.0789. The number of rotatable bonds is 1. The molecule has 0 unspecified atom stereocenters. The van der Waals surface area contributed by atoms with E-state index >= 15 is 0 Å². The Morgan fingerprint density at radius 3 is 2.83 bits per heavy atom. The van der Waals surface area contributed by atoms with E-state index in [2.05, 4.69) is 10.6 Å². The van der Waals surface area contributed by atoms with Crippen molar-refractivity contribution in [1.82, 2.24) is 5.32 Å². The van der Waals surface area contributed by atoms with E-state index in [-0.39, 0.29) is 24.5 Å². The largest absolute Gasteiger partial charge is 0.335 e. The smallest absolute Gasteiger partial charge is 0.322 e. The second-order valence-electron chi connectivity index (χ2n) is 4.73. The van der Waals surface area contributed by atoms with Gasteiger partial charge in [0.25, 0.3) is 0 Å². The molecule has 0 bridgehead atoms. The van der Waals surface area contributed by atoms with E-state index in [0.29, 0.717) is 5.69 Å². The molecule has 1 aromatic rings. The summed E-state index contributed by atoms with van der Waals surface area (Å²) in [6, 6.07) is 7.44. The zero-order chi connectivity index (χ0) is 12.5. The zero-order valence-electron chi connectivity index (χ0n) is 9.98. The first kappa shape index (κ1) is 11.1. The highest BCUT2D eigenvalue weighted by Gasteiger charge is 2.29. The maximum atomic E-state index is 12.1. The van der Waals surface area contributed by atoms with Crippen molar-refractivity contribution in [3.63, 3.8) is 0 Å². The molecule has 1 saturated carbocycles. The van der Waals surface area contributed by atoms with Gasteiger partial charge in [-0.25, -0.2) is 4.79 Å². The van der Waals surface area contributed by atoms with Crippen molar-refractivity contribution in [2.45, 2.75) is 25.3 Å². The second-order valence-corrected chi connectivity index (χ2v) is 4.73. The molecule has 0 radical (unpaired) electrons. The molecule has 3 amide bonds. The fourth-order valence-electron chi connectivity index (χ4n) is 2.22. The Morgan fingerprint density at radius 2 is 2.11 bits per heavy atom. The van der Waals surface area contributed by atoms with Crippen LogP contribution in [0.4, 0.5) is 16.2 Å². The van der Waals surface area contributed by atoms with Gasteiger partial charge in [-0.15, -0.1) is 0 Å². The van der Waals surface area contributed by atoms with E-state index in [9.17, 15) is 9.59 Å². The van der Waals surface area contributed by atoms with Gasteiger partial charge in [-0.2, -0.15) is 0 Å². The molecule has 5 heteroatoms. The molecular weight excluding hydrogens is 230 g/mol. The summed E-state index contributed by atoms with van der Waals surface area (Å²) in [6.07, 6.45) is 3.24. The van der Waals surface area contributed by atoms with Gasteiger partial charge in [0.2, 0.25) is 5.91 Å². The van der Waals surface area contributed by atoms with E-state index in [1.807, 2.05) is 18.2 Å². The Morgan fingerprint density at radius 1 is 1.33 bits per heavy atom. The van der Waals surface area contributed by atoms with E-state index in [0.717, 1.165) is 18.5 Å². The fraction of sp³-hybridized carbons (Fsp3) is 0.385. The molecule has 1 aliphatic carbocycles. The van der Waals surface area contributed by atoms with Gasteiger partial charge in [0.1, 0.15) is 6.54 Å². The van der Waals surface area contributed by atoms with Crippen molar-refractivity contribution in [3.8, 4) is 0 Å². The molecule has 18 heavy (non-hydrogen) atoms. The van der Waals surface area contributed by atoms with Gasteiger partial charge in [-0.05, 0) is 31.4 Å². The van der Waals surface area contributed by atoms with Crippen molar-refractivity contribution in [2.24, 2.45) is 0 Å². The average molecular weight is 245 g/mol. The highest BCUT2D eigenvalue weighted by molar-refractivity contribution is 6.09. The Kier molecular flexibility index (Phi) is 2.66. The number of hydrogen-bond acceptors (Lipinski definition) is 2. The Bertz CT molecular complexity index is 497. The first-order chi connectivity index (χ1) is 8.74. The van der Waals surface area contributed by atoms with Crippen molar-refractivity contribution in [3.05, 3.63) is 24.3 Å². The third-order valence-corrected chi connectivity index (χ3v) is 3.45. The number of nitrogens with zero attached hydrogens (tertiary/aromatic N) is 1. The number of carbonyl (C=O) groups is 2. The van der Waals surface area contributed by atoms with Crippen molar-refractivity contribution in [2.75, 3.05) is 16.8 Å². The quantitative estimate of drug-likeness (QED) is 0.791. The summed E-state index contributed by atoms with van der Waals surface area (Å²) in [7, 11) is 0. The summed E-state index contributed by atoms with van der Waals surface area (Å²) < 4.78 is 0. The molecule has 0 saturated heterocycles. The van der Waals surface area contributed by atoms with Gasteiger partial charge >= 0.3 is 6.03 Å². The van der Waals surface area contributed by atoms with Crippen LogP contribution in [0.2, 0.25) is 0 Å². The van der Waals surface area contributed by atoms with Crippen LogP contribution in [-0.2, 0) is 4.79 Å². The van der Waals surface area contributed by atoms with Crippen molar-refractivity contribution in [1.29, 1.82) is 0 Å². The van der Waals surface area contributed by atoms with Crippen LogP contribution in [0.15, 0.2) is 24.3 Å². The molecule has 1 fully saturated rings. The minimum Gasteiger partial charge on any atom is -0.335 e. The summed E-state index contributed by atoms with van der Waals surface area (Å²) in [5.74, 6) is -0.155.